The Bertz CT molecular complexity index is 1280. The molecule has 6 rings (SSSR count). The highest BCUT2D eigenvalue weighted by atomic mass is 32.1. The number of hydrogen-bond donors (Lipinski definition) is 3. The Labute approximate surface area is 224 Å². The van der Waals surface area contributed by atoms with E-state index in [1.54, 1.807) is 4.90 Å². The number of rotatable bonds is 8. The normalized spacial score (nSPS) is 24.6. The molecule has 1 spiro atoms. The fourth-order valence-electron chi connectivity index (χ4n) is 5.77. The second-order valence-electron chi connectivity index (χ2n) is 11.3. The van der Waals surface area contributed by atoms with Gasteiger partial charge in [-0.25, -0.2) is 0 Å². The Kier molecular flexibility index (Phi) is 6.45. The molecule has 10 heteroatoms. The highest BCUT2D eigenvalue weighted by molar-refractivity contribution is 7.20. The standard InChI is InChI=1S/C28H32N4O5S/c33-23(26(36)30-18-5-6-18)19(13-17-7-11-29-24(17)34)31-25(35)20-15-28(8-9-28)10-12-32(20)27(37)22-14-16-3-1-2-4-21(16)38-22/h1-4,14,17-20H,5-13,15H2,(H,29,34)(H,30,36)(H,31,35)/t17-,19-,20-/m0/s1. The number of Topliss-reactive ketones (excluding diaryl/α,β-unsaturated/α-hetero) is 1. The summed E-state index contributed by atoms with van der Waals surface area (Å²) in [5.74, 6) is -2.69. The molecule has 2 saturated carbocycles. The van der Waals surface area contributed by atoms with E-state index in [0.29, 0.717) is 30.8 Å². The Balaban J connectivity index is 1.23. The molecule has 3 atom stereocenters. The van der Waals surface area contributed by atoms with E-state index >= 15 is 0 Å². The van der Waals surface area contributed by atoms with E-state index in [-0.39, 0.29) is 29.7 Å². The molecule has 4 fully saturated rings. The van der Waals surface area contributed by atoms with Crippen LogP contribution in [0.5, 0.6) is 0 Å². The minimum absolute atomic E-state index is 0.0000669. The fourth-order valence-corrected chi connectivity index (χ4v) is 6.79. The number of benzene rings is 1. The van der Waals surface area contributed by atoms with Crippen molar-refractivity contribution < 1.29 is 24.0 Å². The second-order valence-corrected chi connectivity index (χ2v) is 12.4. The summed E-state index contributed by atoms with van der Waals surface area (Å²) in [5.41, 5.74) is 0.0626. The van der Waals surface area contributed by atoms with Gasteiger partial charge in [0.15, 0.2) is 0 Å². The fraction of sp³-hybridized carbons (Fsp3) is 0.536. The van der Waals surface area contributed by atoms with Crippen LogP contribution in [0.2, 0.25) is 0 Å². The van der Waals surface area contributed by atoms with Crippen LogP contribution in [0.4, 0.5) is 0 Å². The zero-order valence-electron chi connectivity index (χ0n) is 21.2. The minimum atomic E-state index is -1.12. The topological polar surface area (TPSA) is 125 Å². The lowest BCUT2D eigenvalue weighted by atomic mass is 9.86. The first-order valence-corrected chi connectivity index (χ1v) is 14.4. The molecule has 4 amide bonds. The average molecular weight is 537 g/mol. The molecule has 200 valence electrons. The number of ketones is 1. The molecule has 4 aliphatic rings. The predicted molar refractivity (Wildman–Crippen MR) is 141 cm³/mol. The highest BCUT2D eigenvalue weighted by Crippen LogP contribution is 2.55. The molecular weight excluding hydrogens is 504 g/mol. The van der Waals surface area contributed by atoms with Crippen molar-refractivity contribution in [3.8, 4) is 0 Å². The van der Waals surface area contributed by atoms with Gasteiger partial charge < -0.3 is 20.9 Å². The van der Waals surface area contributed by atoms with Crippen molar-refractivity contribution in [3.63, 3.8) is 0 Å². The van der Waals surface area contributed by atoms with E-state index in [9.17, 15) is 24.0 Å². The van der Waals surface area contributed by atoms with Crippen molar-refractivity contribution in [2.45, 2.75) is 69.5 Å². The number of nitrogens with one attached hydrogen (secondary N) is 3. The average Bonchev–Trinajstić information content (AvgIpc) is 3.80. The Morgan fingerprint density at radius 2 is 1.89 bits per heavy atom. The number of fused-ring (bicyclic) bond motifs is 1. The van der Waals surface area contributed by atoms with Crippen LogP contribution in [0.3, 0.4) is 0 Å². The van der Waals surface area contributed by atoms with E-state index in [1.165, 1.54) is 11.3 Å². The third-order valence-corrected chi connectivity index (χ3v) is 9.60. The number of piperidine rings is 1. The van der Waals surface area contributed by atoms with Crippen molar-refractivity contribution in [3.05, 3.63) is 35.2 Å². The monoisotopic (exact) mass is 536 g/mol. The zero-order chi connectivity index (χ0) is 26.4. The number of carbonyl (C=O) groups is 5. The Morgan fingerprint density at radius 3 is 2.58 bits per heavy atom. The van der Waals surface area contributed by atoms with Crippen molar-refractivity contribution in [1.82, 2.24) is 20.9 Å². The van der Waals surface area contributed by atoms with E-state index in [1.807, 2.05) is 30.3 Å². The van der Waals surface area contributed by atoms with Gasteiger partial charge in [0.2, 0.25) is 17.6 Å². The first kappa shape index (κ1) is 25.0. The summed E-state index contributed by atoms with van der Waals surface area (Å²) in [5, 5.41) is 9.26. The third kappa shape index (κ3) is 5.06. The molecule has 38 heavy (non-hydrogen) atoms. The van der Waals surface area contributed by atoms with Gasteiger partial charge in [0.25, 0.3) is 11.8 Å². The van der Waals surface area contributed by atoms with E-state index < -0.39 is 35.6 Å². The second kappa shape index (κ2) is 9.80. The predicted octanol–water partition coefficient (Wildman–Crippen LogP) is 2.14. The molecule has 2 aliphatic carbocycles. The number of thiophene rings is 1. The van der Waals surface area contributed by atoms with Crippen molar-refractivity contribution in [2.75, 3.05) is 13.1 Å². The van der Waals surface area contributed by atoms with Gasteiger partial charge in [0, 0.05) is 29.7 Å². The summed E-state index contributed by atoms with van der Waals surface area (Å²) in [7, 11) is 0. The Hall–Kier alpha value is -3.27. The van der Waals surface area contributed by atoms with E-state index in [0.717, 1.165) is 42.2 Å². The van der Waals surface area contributed by atoms with Crippen LogP contribution in [0, 0.1) is 11.3 Å². The smallest absolute Gasteiger partial charge is 0.289 e. The van der Waals surface area contributed by atoms with Gasteiger partial charge in [-0.1, -0.05) is 18.2 Å². The van der Waals surface area contributed by atoms with E-state index in [2.05, 4.69) is 16.0 Å². The van der Waals surface area contributed by atoms with Crippen LogP contribution in [-0.4, -0.2) is 65.5 Å². The quantitative estimate of drug-likeness (QED) is 0.446. The summed E-state index contributed by atoms with van der Waals surface area (Å²) in [4.78, 5) is 67.7. The molecule has 1 aromatic heterocycles. The van der Waals surface area contributed by atoms with E-state index in [4.69, 9.17) is 0 Å². The van der Waals surface area contributed by atoms with Gasteiger partial charge in [0.05, 0.1) is 10.9 Å². The molecule has 0 unspecified atom stereocenters. The van der Waals surface area contributed by atoms with Crippen LogP contribution in [-0.2, 0) is 19.2 Å². The van der Waals surface area contributed by atoms with Crippen LogP contribution < -0.4 is 16.0 Å². The van der Waals surface area contributed by atoms with Gasteiger partial charge in [-0.15, -0.1) is 11.3 Å². The maximum absolute atomic E-state index is 13.8. The maximum Gasteiger partial charge on any atom is 0.289 e. The number of nitrogens with zero attached hydrogens (tertiary/aromatic N) is 1. The van der Waals surface area contributed by atoms with Crippen LogP contribution in [0.15, 0.2) is 30.3 Å². The zero-order valence-corrected chi connectivity index (χ0v) is 22.0. The number of hydrogen-bond acceptors (Lipinski definition) is 6. The summed E-state index contributed by atoms with van der Waals surface area (Å²) in [6, 6.07) is 7.81. The van der Waals surface area contributed by atoms with Gasteiger partial charge in [-0.2, -0.15) is 0 Å². The number of likely N-dealkylation sites (tertiary alicyclic amines) is 1. The van der Waals surface area contributed by atoms with Crippen LogP contribution in [0.1, 0.15) is 61.0 Å². The third-order valence-electron chi connectivity index (χ3n) is 8.49. The van der Waals surface area contributed by atoms with Gasteiger partial charge in [0.1, 0.15) is 6.04 Å². The molecule has 3 heterocycles. The SMILES string of the molecule is O=C(NC1CC1)C(=O)[C@H](C[C@@H]1CCNC1=O)NC(=O)[C@@H]1CC2(CCN1C(=O)c1cc3ccccc3s1)CC2. The molecule has 2 saturated heterocycles. The van der Waals surface area contributed by atoms with Gasteiger partial charge in [-0.05, 0) is 74.3 Å². The van der Waals surface area contributed by atoms with Crippen molar-refractivity contribution >= 4 is 50.8 Å². The van der Waals surface area contributed by atoms with Crippen molar-refractivity contribution in [1.29, 1.82) is 0 Å². The molecule has 2 aliphatic heterocycles. The van der Waals surface area contributed by atoms with Crippen LogP contribution >= 0.6 is 11.3 Å². The first-order chi connectivity index (χ1) is 18.3. The lowest BCUT2D eigenvalue weighted by Crippen LogP contribution is -2.58. The number of carbonyl (C=O) groups excluding carboxylic acids is 5. The Morgan fingerprint density at radius 1 is 1.11 bits per heavy atom. The molecular formula is C28H32N4O5S. The molecule has 2 aromatic rings. The van der Waals surface area contributed by atoms with Crippen molar-refractivity contribution in [2.24, 2.45) is 11.3 Å². The highest BCUT2D eigenvalue weighted by Gasteiger charge is 2.51. The van der Waals surface area contributed by atoms with Gasteiger partial charge in [-0.3, -0.25) is 24.0 Å². The lowest BCUT2D eigenvalue weighted by molar-refractivity contribution is -0.141. The van der Waals surface area contributed by atoms with Gasteiger partial charge >= 0.3 is 0 Å². The van der Waals surface area contributed by atoms with Crippen LogP contribution in [0.25, 0.3) is 10.1 Å². The summed E-state index contributed by atoms with van der Waals surface area (Å²) >= 11 is 1.41. The summed E-state index contributed by atoms with van der Waals surface area (Å²) in [6.45, 7) is 0.978. The lowest BCUT2D eigenvalue weighted by Gasteiger charge is -2.39. The first-order valence-electron chi connectivity index (χ1n) is 13.5. The molecule has 0 bridgehead atoms. The summed E-state index contributed by atoms with van der Waals surface area (Å²) < 4.78 is 1.01. The molecule has 1 aromatic carbocycles. The largest absolute Gasteiger partial charge is 0.356 e. The molecule has 0 radical (unpaired) electrons. The minimum Gasteiger partial charge on any atom is -0.356 e. The summed E-state index contributed by atoms with van der Waals surface area (Å²) in [6.07, 6.45) is 5.71. The number of amides is 4. The maximum atomic E-state index is 13.8. The molecule has 9 nitrogen and oxygen atoms in total. The molecule has 3 N–H and O–H groups in total.